The van der Waals surface area contributed by atoms with Crippen LogP contribution in [0.4, 0.5) is 4.79 Å². The van der Waals surface area contributed by atoms with Crippen molar-refractivity contribution in [1.29, 1.82) is 0 Å². The number of rotatable bonds is 1. The summed E-state index contributed by atoms with van der Waals surface area (Å²) in [5.74, 6) is -0.784. The van der Waals surface area contributed by atoms with E-state index >= 15 is 0 Å². The predicted octanol–water partition coefficient (Wildman–Crippen LogP) is 0.580. The molecule has 0 spiro atoms. The maximum atomic E-state index is 10.9. The number of nitrogens with zero attached hydrogens (tertiary/aromatic N) is 2. The standard InChI is InChI=1S/C7H6N2O3/c1-2-6(10)12-7(11)9-4-3-8-5-9/h2-5H,1H2. The molecule has 0 saturated heterocycles. The van der Waals surface area contributed by atoms with Crippen LogP contribution in [0.15, 0.2) is 31.4 Å². The van der Waals surface area contributed by atoms with E-state index in [-0.39, 0.29) is 0 Å². The van der Waals surface area contributed by atoms with Crippen LogP contribution < -0.4 is 0 Å². The maximum absolute atomic E-state index is 10.9. The molecule has 62 valence electrons. The lowest BCUT2D eigenvalue weighted by molar-refractivity contribution is -0.131. The molecule has 0 aromatic carbocycles. The smallest absolute Gasteiger partial charge is 0.372 e. The van der Waals surface area contributed by atoms with E-state index in [0.29, 0.717) is 0 Å². The summed E-state index contributed by atoms with van der Waals surface area (Å²) in [6.45, 7) is 3.14. The summed E-state index contributed by atoms with van der Waals surface area (Å²) in [7, 11) is 0. The van der Waals surface area contributed by atoms with Gasteiger partial charge in [-0.2, -0.15) is 0 Å². The van der Waals surface area contributed by atoms with Gasteiger partial charge in [0, 0.05) is 18.5 Å². The average molecular weight is 166 g/mol. The Hall–Kier alpha value is -1.91. The van der Waals surface area contributed by atoms with Gasteiger partial charge in [0.2, 0.25) is 0 Å². The molecule has 0 aliphatic carbocycles. The van der Waals surface area contributed by atoms with Gasteiger partial charge in [-0.25, -0.2) is 19.1 Å². The number of hydrogen-bond acceptors (Lipinski definition) is 4. The van der Waals surface area contributed by atoms with E-state index in [4.69, 9.17) is 0 Å². The van der Waals surface area contributed by atoms with Gasteiger partial charge in [0.1, 0.15) is 6.33 Å². The second kappa shape index (κ2) is 3.47. The number of ether oxygens (including phenoxy) is 1. The van der Waals surface area contributed by atoms with Crippen LogP contribution in [0.2, 0.25) is 0 Å². The van der Waals surface area contributed by atoms with E-state index in [1.807, 2.05) is 0 Å². The molecule has 0 bridgehead atoms. The van der Waals surface area contributed by atoms with Gasteiger partial charge in [0.25, 0.3) is 0 Å². The highest BCUT2D eigenvalue weighted by Crippen LogP contribution is 1.90. The van der Waals surface area contributed by atoms with E-state index in [9.17, 15) is 9.59 Å². The molecular formula is C7H6N2O3. The Labute approximate surface area is 68.3 Å². The first-order valence-corrected chi connectivity index (χ1v) is 3.10. The molecule has 1 heterocycles. The van der Waals surface area contributed by atoms with Crippen molar-refractivity contribution in [3.05, 3.63) is 31.4 Å². The molecule has 0 saturated carbocycles. The minimum atomic E-state index is -0.794. The number of aromatic nitrogens is 2. The van der Waals surface area contributed by atoms with Gasteiger partial charge >= 0.3 is 12.1 Å². The van der Waals surface area contributed by atoms with Crippen molar-refractivity contribution in [2.75, 3.05) is 0 Å². The number of carbonyl (C=O) groups excluding carboxylic acids is 2. The van der Waals surface area contributed by atoms with Crippen molar-refractivity contribution in [2.24, 2.45) is 0 Å². The zero-order chi connectivity index (χ0) is 8.97. The summed E-state index contributed by atoms with van der Waals surface area (Å²) in [6.07, 6.45) is 4.13. The summed E-state index contributed by atoms with van der Waals surface area (Å²) in [5, 5.41) is 0. The third kappa shape index (κ3) is 1.79. The fraction of sp³-hybridized carbons (Fsp3) is 0. The van der Waals surface area contributed by atoms with E-state index in [0.717, 1.165) is 10.6 Å². The first-order chi connectivity index (χ1) is 5.74. The van der Waals surface area contributed by atoms with Gasteiger partial charge in [-0.3, -0.25) is 0 Å². The summed E-state index contributed by atoms with van der Waals surface area (Å²) < 4.78 is 5.31. The fourth-order valence-electron chi connectivity index (χ4n) is 0.548. The van der Waals surface area contributed by atoms with Crippen LogP contribution in [0.25, 0.3) is 0 Å². The highest BCUT2D eigenvalue weighted by molar-refractivity contribution is 5.91. The summed E-state index contributed by atoms with van der Waals surface area (Å²) in [4.78, 5) is 25.0. The molecule has 0 unspecified atom stereocenters. The molecule has 1 aromatic heterocycles. The lowest BCUT2D eigenvalue weighted by Gasteiger charge is -1.97. The second-order valence-electron chi connectivity index (χ2n) is 1.86. The van der Waals surface area contributed by atoms with E-state index in [2.05, 4.69) is 16.3 Å². The van der Waals surface area contributed by atoms with E-state index in [1.165, 1.54) is 18.7 Å². The van der Waals surface area contributed by atoms with Crippen molar-refractivity contribution in [3.63, 3.8) is 0 Å². The van der Waals surface area contributed by atoms with Crippen molar-refractivity contribution in [1.82, 2.24) is 9.55 Å². The summed E-state index contributed by atoms with van der Waals surface area (Å²) in [6, 6.07) is 0. The van der Waals surface area contributed by atoms with Crippen LogP contribution in [0.5, 0.6) is 0 Å². The van der Waals surface area contributed by atoms with Crippen molar-refractivity contribution in [3.8, 4) is 0 Å². The van der Waals surface area contributed by atoms with Crippen LogP contribution >= 0.6 is 0 Å². The zero-order valence-corrected chi connectivity index (χ0v) is 6.14. The van der Waals surface area contributed by atoms with Gasteiger partial charge in [-0.1, -0.05) is 6.58 Å². The van der Waals surface area contributed by atoms with Crippen LogP contribution in [-0.2, 0) is 9.53 Å². The van der Waals surface area contributed by atoms with Crippen molar-refractivity contribution in [2.45, 2.75) is 0 Å². The van der Waals surface area contributed by atoms with Gasteiger partial charge in [0.15, 0.2) is 0 Å². The quantitative estimate of drug-likeness (QED) is 0.348. The highest BCUT2D eigenvalue weighted by atomic mass is 16.6. The minimum absolute atomic E-state index is 0.784. The number of esters is 1. The number of carbonyl (C=O) groups is 2. The van der Waals surface area contributed by atoms with Gasteiger partial charge in [-0.15, -0.1) is 0 Å². The van der Waals surface area contributed by atoms with E-state index in [1.54, 1.807) is 0 Å². The Morgan fingerprint density at radius 1 is 1.58 bits per heavy atom. The molecule has 1 rings (SSSR count). The Morgan fingerprint density at radius 3 is 2.83 bits per heavy atom. The second-order valence-corrected chi connectivity index (χ2v) is 1.86. The fourth-order valence-corrected chi connectivity index (χ4v) is 0.548. The van der Waals surface area contributed by atoms with Crippen LogP contribution in [-0.4, -0.2) is 21.6 Å². The minimum Gasteiger partial charge on any atom is -0.372 e. The van der Waals surface area contributed by atoms with Crippen molar-refractivity contribution >= 4 is 12.1 Å². The molecule has 1 aromatic rings. The molecule has 0 N–H and O–H groups in total. The molecule has 5 nitrogen and oxygen atoms in total. The van der Waals surface area contributed by atoms with Crippen molar-refractivity contribution < 1.29 is 14.3 Å². The maximum Gasteiger partial charge on any atom is 0.427 e. The molecule has 5 heteroatoms. The molecule has 12 heavy (non-hydrogen) atoms. The van der Waals surface area contributed by atoms with Gasteiger partial charge in [0.05, 0.1) is 0 Å². The first kappa shape index (κ1) is 8.19. The zero-order valence-electron chi connectivity index (χ0n) is 6.14. The normalized spacial score (nSPS) is 9.00. The molecular weight excluding hydrogens is 160 g/mol. The molecule has 0 radical (unpaired) electrons. The number of imidazole rings is 1. The SMILES string of the molecule is C=CC(=O)OC(=O)n1ccnc1. The predicted molar refractivity (Wildman–Crippen MR) is 39.3 cm³/mol. The van der Waals surface area contributed by atoms with Crippen LogP contribution in [0.1, 0.15) is 0 Å². The first-order valence-electron chi connectivity index (χ1n) is 3.10. The Balaban J connectivity index is 2.62. The van der Waals surface area contributed by atoms with Crippen LogP contribution in [0, 0.1) is 0 Å². The molecule has 0 aliphatic rings. The lowest BCUT2D eigenvalue weighted by Crippen LogP contribution is -2.15. The third-order valence-corrected chi connectivity index (χ3v) is 1.07. The largest absolute Gasteiger partial charge is 0.427 e. The monoisotopic (exact) mass is 166 g/mol. The van der Waals surface area contributed by atoms with E-state index < -0.39 is 12.1 Å². The molecule has 0 atom stereocenters. The molecule has 0 aliphatic heterocycles. The molecule has 0 amide bonds. The Kier molecular flexibility index (Phi) is 2.37. The molecule has 0 fully saturated rings. The van der Waals surface area contributed by atoms with Crippen LogP contribution in [0.3, 0.4) is 0 Å². The van der Waals surface area contributed by atoms with Gasteiger partial charge < -0.3 is 4.74 Å². The average Bonchev–Trinajstić information content (AvgIpc) is 2.56. The number of hydrogen-bond donors (Lipinski definition) is 0. The lowest BCUT2D eigenvalue weighted by atomic mass is 10.7. The summed E-state index contributed by atoms with van der Waals surface area (Å²) in [5.41, 5.74) is 0. The third-order valence-electron chi connectivity index (χ3n) is 1.07. The Bertz CT molecular complexity index is 302. The summed E-state index contributed by atoms with van der Waals surface area (Å²) >= 11 is 0. The van der Waals surface area contributed by atoms with Gasteiger partial charge in [-0.05, 0) is 0 Å². The topological polar surface area (TPSA) is 61.2 Å². The Morgan fingerprint density at radius 2 is 2.33 bits per heavy atom. The highest BCUT2D eigenvalue weighted by Gasteiger charge is 2.07.